The molecule has 2 aromatic rings. The third-order valence-corrected chi connectivity index (χ3v) is 4.03. The fourth-order valence-corrected chi connectivity index (χ4v) is 2.60. The van der Waals surface area contributed by atoms with Crippen molar-refractivity contribution in [2.24, 2.45) is 0 Å². The van der Waals surface area contributed by atoms with Crippen LogP contribution in [-0.2, 0) is 36.7 Å². The molecule has 29 heavy (non-hydrogen) atoms. The van der Waals surface area contributed by atoms with E-state index in [2.05, 4.69) is 5.32 Å². The number of methoxy groups -OCH3 is 2. The van der Waals surface area contributed by atoms with Crippen LogP contribution in [0.25, 0.3) is 0 Å². The fourth-order valence-electron chi connectivity index (χ4n) is 2.60. The van der Waals surface area contributed by atoms with Gasteiger partial charge in [0.2, 0.25) is 0 Å². The van der Waals surface area contributed by atoms with Crippen LogP contribution in [-0.4, -0.2) is 44.7 Å². The van der Waals surface area contributed by atoms with Crippen LogP contribution in [0.5, 0.6) is 5.75 Å². The number of esters is 2. The van der Waals surface area contributed by atoms with Gasteiger partial charge >= 0.3 is 11.9 Å². The SMILES string of the molecule is COC(=O)[C@H](Cc1ccccc1)NC(=O)COC(=O)Cc1ccc(OC)c(F)c1. The minimum Gasteiger partial charge on any atom is -0.494 e. The molecular weight excluding hydrogens is 381 g/mol. The number of benzene rings is 2. The van der Waals surface area contributed by atoms with Gasteiger partial charge in [-0.3, -0.25) is 9.59 Å². The minimum atomic E-state index is -0.913. The maximum Gasteiger partial charge on any atom is 0.328 e. The molecule has 0 heterocycles. The number of carbonyl (C=O) groups is 3. The second-order valence-corrected chi connectivity index (χ2v) is 6.14. The molecule has 2 rings (SSSR count). The summed E-state index contributed by atoms with van der Waals surface area (Å²) in [6.07, 6.45) is 0.0248. The molecule has 7 nitrogen and oxygen atoms in total. The standard InChI is InChI=1S/C21H22FNO6/c1-27-18-9-8-15(10-16(18)22)12-20(25)29-13-19(24)23-17(21(26)28-2)11-14-6-4-3-5-7-14/h3-10,17H,11-13H2,1-2H3,(H,23,24)/t17-/m0/s1. The van der Waals surface area contributed by atoms with Crippen molar-refractivity contribution in [3.05, 3.63) is 65.5 Å². The zero-order chi connectivity index (χ0) is 21.2. The Labute approximate surface area is 167 Å². The Morgan fingerprint density at radius 1 is 1.03 bits per heavy atom. The predicted molar refractivity (Wildman–Crippen MR) is 102 cm³/mol. The van der Waals surface area contributed by atoms with E-state index >= 15 is 0 Å². The number of rotatable bonds is 9. The first-order valence-electron chi connectivity index (χ1n) is 8.82. The van der Waals surface area contributed by atoms with Crippen molar-refractivity contribution in [2.75, 3.05) is 20.8 Å². The third-order valence-electron chi connectivity index (χ3n) is 4.03. The average Bonchev–Trinajstić information content (AvgIpc) is 2.72. The maximum atomic E-state index is 13.7. The molecule has 1 N–H and O–H groups in total. The van der Waals surface area contributed by atoms with Crippen molar-refractivity contribution in [3.63, 3.8) is 0 Å². The molecule has 0 saturated carbocycles. The molecule has 0 unspecified atom stereocenters. The van der Waals surface area contributed by atoms with Gasteiger partial charge in [-0.1, -0.05) is 36.4 Å². The summed E-state index contributed by atoms with van der Waals surface area (Å²) in [4.78, 5) is 35.9. The number of ether oxygens (including phenoxy) is 3. The molecule has 0 aliphatic rings. The summed E-state index contributed by atoms with van der Waals surface area (Å²) in [7, 11) is 2.56. The summed E-state index contributed by atoms with van der Waals surface area (Å²) in [6.45, 7) is -0.570. The molecule has 154 valence electrons. The number of amides is 1. The summed E-state index contributed by atoms with van der Waals surface area (Å²) in [5.41, 5.74) is 1.21. The van der Waals surface area contributed by atoms with E-state index in [1.54, 1.807) is 0 Å². The first-order valence-corrected chi connectivity index (χ1v) is 8.82. The lowest BCUT2D eigenvalue weighted by atomic mass is 10.1. The Hall–Kier alpha value is -3.42. The summed E-state index contributed by atoms with van der Waals surface area (Å²) in [5, 5.41) is 2.49. The normalized spacial score (nSPS) is 11.3. The number of carbonyl (C=O) groups excluding carboxylic acids is 3. The van der Waals surface area contributed by atoms with Gasteiger partial charge in [0.15, 0.2) is 18.2 Å². The predicted octanol–water partition coefficient (Wildman–Crippen LogP) is 1.82. The smallest absolute Gasteiger partial charge is 0.328 e. The number of nitrogens with one attached hydrogen (secondary N) is 1. The van der Waals surface area contributed by atoms with E-state index in [1.807, 2.05) is 30.3 Å². The lowest BCUT2D eigenvalue weighted by molar-refractivity contribution is -0.149. The molecule has 0 radical (unpaired) electrons. The average molecular weight is 403 g/mol. The van der Waals surface area contributed by atoms with Crippen LogP contribution in [0.2, 0.25) is 0 Å². The Morgan fingerprint density at radius 3 is 2.38 bits per heavy atom. The molecular formula is C21H22FNO6. The molecule has 0 fully saturated rings. The highest BCUT2D eigenvalue weighted by Crippen LogP contribution is 2.18. The highest BCUT2D eigenvalue weighted by atomic mass is 19.1. The van der Waals surface area contributed by atoms with Gasteiger partial charge in [0, 0.05) is 6.42 Å². The molecule has 2 aromatic carbocycles. The van der Waals surface area contributed by atoms with Crippen molar-refractivity contribution in [3.8, 4) is 5.75 Å². The lowest BCUT2D eigenvalue weighted by Crippen LogP contribution is -2.44. The monoisotopic (exact) mass is 403 g/mol. The van der Waals surface area contributed by atoms with Gasteiger partial charge in [-0.25, -0.2) is 9.18 Å². The lowest BCUT2D eigenvalue weighted by Gasteiger charge is -2.16. The van der Waals surface area contributed by atoms with E-state index in [0.717, 1.165) is 11.6 Å². The zero-order valence-electron chi connectivity index (χ0n) is 16.1. The van der Waals surface area contributed by atoms with Crippen LogP contribution in [0, 0.1) is 5.82 Å². The number of hydrogen-bond donors (Lipinski definition) is 1. The first-order chi connectivity index (χ1) is 13.9. The van der Waals surface area contributed by atoms with E-state index in [-0.39, 0.29) is 18.6 Å². The molecule has 0 aromatic heterocycles. The van der Waals surface area contributed by atoms with E-state index in [0.29, 0.717) is 5.56 Å². The van der Waals surface area contributed by atoms with Crippen molar-refractivity contribution in [1.29, 1.82) is 0 Å². The van der Waals surface area contributed by atoms with Crippen LogP contribution in [0.1, 0.15) is 11.1 Å². The third kappa shape index (κ3) is 6.91. The first kappa shape index (κ1) is 21.9. The molecule has 0 aliphatic heterocycles. The van der Waals surface area contributed by atoms with Gasteiger partial charge in [-0.15, -0.1) is 0 Å². The van der Waals surface area contributed by atoms with E-state index in [1.165, 1.54) is 26.4 Å². The maximum absolute atomic E-state index is 13.7. The minimum absolute atomic E-state index is 0.0637. The summed E-state index contributed by atoms with van der Waals surface area (Å²) >= 11 is 0. The Kier molecular flexibility index (Phi) is 8.14. The van der Waals surface area contributed by atoms with E-state index in [4.69, 9.17) is 14.2 Å². The zero-order valence-corrected chi connectivity index (χ0v) is 16.1. The van der Waals surface area contributed by atoms with Crippen LogP contribution >= 0.6 is 0 Å². The molecule has 1 amide bonds. The summed E-state index contributed by atoms with van der Waals surface area (Å²) < 4.78 is 28.1. The van der Waals surface area contributed by atoms with Crippen molar-refractivity contribution >= 4 is 17.8 Å². The fraction of sp³-hybridized carbons (Fsp3) is 0.286. The van der Waals surface area contributed by atoms with E-state index < -0.39 is 36.3 Å². The number of halogens is 1. The van der Waals surface area contributed by atoms with E-state index in [9.17, 15) is 18.8 Å². The molecule has 1 atom stereocenters. The van der Waals surface area contributed by atoms with Crippen LogP contribution in [0.3, 0.4) is 0 Å². The van der Waals surface area contributed by atoms with Crippen molar-refractivity contribution in [1.82, 2.24) is 5.32 Å². The molecule has 0 saturated heterocycles. The van der Waals surface area contributed by atoms with Crippen LogP contribution in [0.15, 0.2) is 48.5 Å². The second kappa shape index (κ2) is 10.8. The molecule has 0 aliphatic carbocycles. The molecule has 0 bridgehead atoms. The Morgan fingerprint density at radius 2 is 1.76 bits per heavy atom. The van der Waals surface area contributed by atoms with Crippen LogP contribution in [0.4, 0.5) is 4.39 Å². The van der Waals surface area contributed by atoms with Crippen molar-refractivity contribution in [2.45, 2.75) is 18.9 Å². The van der Waals surface area contributed by atoms with Crippen molar-refractivity contribution < 1.29 is 33.0 Å². The van der Waals surface area contributed by atoms with Crippen LogP contribution < -0.4 is 10.1 Å². The largest absolute Gasteiger partial charge is 0.494 e. The summed E-state index contributed by atoms with van der Waals surface area (Å²) in [5.74, 6) is -2.50. The molecule has 0 spiro atoms. The summed E-state index contributed by atoms with van der Waals surface area (Å²) in [6, 6.07) is 12.3. The number of hydrogen-bond acceptors (Lipinski definition) is 6. The van der Waals surface area contributed by atoms with Gasteiger partial charge in [-0.2, -0.15) is 0 Å². The Balaban J connectivity index is 1.86. The van der Waals surface area contributed by atoms with Gasteiger partial charge in [-0.05, 0) is 23.3 Å². The molecule has 8 heteroatoms. The highest BCUT2D eigenvalue weighted by molar-refractivity contribution is 5.86. The second-order valence-electron chi connectivity index (χ2n) is 6.14. The Bertz CT molecular complexity index is 856. The quantitative estimate of drug-likeness (QED) is 0.643. The van der Waals surface area contributed by atoms with Gasteiger partial charge in [0.1, 0.15) is 6.04 Å². The van der Waals surface area contributed by atoms with Gasteiger partial charge in [0.25, 0.3) is 5.91 Å². The van der Waals surface area contributed by atoms with Gasteiger partial charge < -0.3 is 19.5 Å². The van der Waals surface area contributed by atoms with Gasteiger partial charge in [0.05, 0.1) is 20.6 Å². The highest BCUT2D eigenvalue weighted by Gasteiger charge is 2.22. The topological polar surface area (TPSA) is 90.9 Å².